The molecular weight excluding hydrogens is 238 g/mol. The zero-order valence-electron chi connectivity index (χ0n) is 11.2. The number of carbonyl (C=O) groups excluding carboxylic acids is 1. The third-order valence-electron chi connectivity index (χ3n) is 3.18. The van der Waals surface area contributed by atoms with Crippen LogP contribution in [0.15, 0.2) is 36.5 Å². The molecule has 2 N–H and O–H groups in total. The van der Waals surface area contributed by atoms with Crippen LogP contribution in [0.1, 0.15) is 23.7 Å². The minimum atomic E-state index is 0.0505. The van der Waals surface area contributed by atoms with Gasteiger partial charge in [-0.2, -0.15) is 0 Å². The number of benzene rings is 1. The number of fused-ring (bicyclic) bond motifs is 1. The van der Waals surface area contributed by atoms with Crippen molar-refractivity contribution in [1.82, 2.24) is 9.88 Å². The van der Waals surface area contributed by atoms with Crippen LogP contribution in [0.25, 0.3) is 10.9 Å². The van der Waals surface area contributed by atoms with E-state index < -0.39 is 0 Å². The Morgan fingerprint density at radius 1 is 1.32 bits per heavy atom. The maximum Gasteiger partial charge on any atom is 0.254 e. The van der Waals surface area contributed by atoms with E-state index in [1.165, 1.54) is 0 Å². The van der Waals surface area contributed by atoms with Gasteiger partial charge >= 0.3 is 0 Å². The third kappa shape index (κ3) is 2.90. The van der Waals surface area contributed by atoms with E-state index in [9.17, 15) is 4.79 Å². The van der Waals surface area contributed by atoms with E-state index in [2.05, 4.69) is 4.98 Å². The van der Waals surface area contributed by atoms with E-state index in [0.717, 1.165) is 17.3 Å². The summed E-state index contributed by atoms with van der Waals surface area (Å²) in [6.07, 6.45) is 2.51. The molecule has 0 unspecified atom stereocenters. The quantitative estimate of drug-likeness (QED) is 0.891. The van der Waals surface area contributed by atoms with Gasteiger partial charge in [0, 0.05) is 24.7 Å². The first-order valence-electron chi connectivity index (χ1n) is 6.61. The average molecular weight is 257 g/mol. The zero-order chi connectivity index (χ0) is 13.7. The summed E-state index contributed by atoms with van der Waals surface area (Å²) in [5.74, 6) is 0.0505. The van der Waals surface area contributed by atoms with Gasteiger partial charge in [-0.05, 0) is 32.0 Å². The van der Waals surface area contributed by atoms with Gasteiger partial charge in [-0.3, -0.25) is 9.78 Å². The van der Waals surface area contributed by atoms with E-state index in [0.29, 0.717) is 25.2 Å². The number of aromatic nitrogens is 1. The molecular formula is C15H19N3O. The number of nitrogens with two attached hydrogens (primary N) is 1. The molecule has 19 heavy (non-hydrogen) atoms. The zero-order valence-corrected chi connectivity index (χ0v) is 11.2. The molecule has 0 saturated heterocycles. The average Bonchev–Trinajstić information content (AvgIpc) is 2.47. The summed E-state index contributed by atoms with van der Waals surface area (Å²) in [6, 6.07) is 9.50. The number of rotatable bonds is 5. The molecule has 0 saturated carbocycles. The number of nitrogens with zero attached hydrogens (tertiary/aromatic N) is 2. The maximum atomic E-state index is 12.6. The Labute approximate surface area is 113 Å². The fraction of sp³-hybridized carbons (Fsp3) is 0.333. The molecule has 1 aromatic heterocycles. The number of hydrogen-bond donors (Lipinski definition) is 1. The summed E-state index contributed by atoms with van der Waals surface area (Å²) < 4.78 is 0. The van der Waals surface area contributed by atoms with E-state index >= 15 is 0 Å². The number of carbonyl (C=O) groups is 1. The highest BCUT2D eigenvalue weighted by atomic mass is 16.2. The Balaban J connectivity index is 2.35. The molecule has 0 aliphatic heterocycles. The fourth-order valence-electron chi connectivity index (χ4n) is 2.14. The van der Waals surface area contributed by atoms with Crippen molar-refractivity contribution in [2.75, 3.05) is 19.6 Å². The van der Waals surface area contributed by atoms with E-state index in [-0.39, 0.29) is 5.91 Å². The van der Waals surface area contributed by atoms with Crippen molar-refractivity contribution in [3.05, 3.63) is 42.1 Å². The normalized spacial score (nSPS) is 10.6. The number of pyridine rings is 1. The fourth-order valence-corrected chi connectivity index (χ4v) is 2.14. The van der Waals surface area contributed by atoms with Crippen LogP contribution in [0.2, 0.25) is 0 Å². The monoisotopic (exact) mass is 257 g/mol. The van der Waals surface area contributed by atoms with Crippen molar-refractivity contribution in [2.24, 2.45) is 5.73 Å². The van der Waals surface area contributed by atoms with Gasteiger partial charge in [0.25, 0.3) is 5.91 Å². The lowest BCUT2D eigenvalue weighted by molar-refractivity contribution is 0.0765. The first-order chi connectivity index (χ1) is 9.27. The van der Waals surface area contributed by atoms with Gasteiger partial charge in [0.2, 0.25) is 0 Å². The van der Waals surface area contributed by atoms with Gasteiger partial charge < -0.3 is 10.6 Å². The molecule has 2 rings (SSSR count). The summed E-state index contributed by atoms with van der Waals surface area (Å²) in [7, 11) is 0. The summed E-state index contributed by atoms with van der Waals surface area (Å²) in [5, 5.41) is 0.904. The highest BCUT2D eigenvalue weighted by Gasteiger charge is 2.16. The minimum Gasteiger partial charge on any atom is -0.339 e. The largest absolute Gasteiger partial charge is 0.339 e. The minimum absolute atomic E-state index is 0.0505. The third-order valence-corrected chi connectivity index (χ3v) is 3.18. The van der Waals surface area contributed by atoms with Gasteiger partial charge in [-0.25, -0.2) is 0 Å². The lowest BCUT2D eigenvalue weighted by Crippen LogP contribution is -2.32. The SMILES string of the molecule is CCN(CCCN)C(=O)c1ccnc2ccccc12. The summed E-state index contributed by atoms with van der Waals surface area (Å²) >= 11 is 0. The number of hydrogen-bond acceptors (Lipinski definition) is 3. The second-order valence-corrected chi connectivity index (χ2v) is 4.40. The van der Waals surface area contributed by atoms with Crippen molar-refractivity contribution < 1.29 is 4.79 Å². The van der Waals surface area contributed by atoms with Crippen LogP contribution in [0.3, 0.4) is 0 Å². The summed E-state index contributed by atoms with van der Waals surface area (Å²) in [6.45, 7) is 3.97. The molecule has 1 heterocycles. The molecule has 0 aliphatic carbocycles. The molecule has 0 fully saturated rings. The highest BCUT2D eigenvalue weighted by Crippen LogP contribution is 2.18. The van der Waals surface area contributed by atoms with Crippen molar-refractivity contribution in [2.45, 2.75) is 13.3 Å². The molecule has 1 amide bonds. The van der Waals surface area contributed by atoms with Crippen molar-refractivity contribution >= 4 is 16.8 Å². The van der Waals surface area contributed by atoms with Gasteiger partial charge in [-0.1, -0.05) is 18.2 Å². The molecule has 1 aromatic carbocycles. The first-order valence-corrected chi connectivity index (χ1v) is 6.61. The van der Waals surface area contributed by atoms with E-state index in [4.69, 9.17) is 5.73 Å². The van der Waals surface area contributed by atoms with Crippen molar-refractivity contribution in [3.63, 3.8) is 0 Å². The Morgan fingerprint density at radius 2 is 2.11 bits per heavy atom. The van der Waals surface area contributed by atoms with Gasteiger partial charge in [0.1, 0.15) is 0 Å². The topological polar surface area (TPSA) is 59.2 Å². The second kappa shape index (κ2) is 6.29. The lowest BCUT2D eigenvalue weighted by atomic mass is 10.1. The van der Waals surface area contributed by atoms with Gasteiger partial charge in [0.15, 0.2) is 0 Å². The Morgan fingerprint density at radius 3 is 2.84 bits per heavy atom. The highest BCUT2D eigenvalue weighted by molar-refractivity contribution is 6.05. The predicted molar refractivity (Wildman–Crippen MR) is 77.0 cm³/mol. The van der Waals surface area contributed by atoms with Crippen LogP contribution in [0.4, 0.5) is 0 Å². The van der Waals surface area contributed by atoms with Crippen LogP contribution in [0.5, 0.6) is 0 Å². The lowest BCUT2D eigenvalue weighted by Gasteiger charge is -2.21. The molecule has 0 spiro atoms. The van der Waals surface area contributed by atoms with Crippen LogP contribution in [-0.2, 0) is 0 Å². The molecule has 0 radical (unpaired) electrons. The molecule has 2 aromatic rings. The Kier molecular flexibility index (Phi) is 4.47. The molecule has 4 nitrogen and oxygen atoms in total. The predicted octanol–water partition coefficient (Wildman–Crippen LogP) is 2.05. The van der Waals surface area contributed by atoms with Crippen molar-refractivity contribution in [3.8, 4) is 0 Å². The van der Waals surface area contributed by atoms with Gasteiger partial charge in [-0.15, -0.1) is 0 Å². The second-order valence-electron chi connectivity index (χ2n) is 4.40. The van der Waals surface area contributed by atoms with E-state index in [1.54, 1.807) is 12.3 Å². The van der Waals surface area contributed by atoms with Gasteiger partial charge in [0.05, 0.1) is 11.1 Å². The maximum absolute atomic E-state index is 12.6. The Hall–Kier alpha value is -1.94. The molecule has 0 aliphatic rings. The smallest absolute Gasteiger partial charge is 0.254 e. The standard InChI is InChI=1S/C15H19N3O/c1-2-18(11-5-9-16)15(19)13-8-10-17-14-7-4-3-6-12(13)14/h3-4,6-8,10H,2,5,9,11,16H2,1H3. The van der Waals surface area contributed by atoms with Crippen LogP contribution in [0, 0.1) is 0 Å². The number of amides is 1. The molecule has 0 bridgehead atoms. The first kappa shape index (κ1) is 13.5. The summed E-state index contributed by atoms with van der Waals surface area (Å²) in [4.78, 5) is 18.7. The molecule has 100 valence electrons. The van der Waals surface area contributed by atoms with Crippen LogP contribution < -0.4 is 5.73 Å². The van der Waals surface area contributed by atoms with Crippen LogP contribution in [-0.4, -0.2) is 35.4 Å². The molecule has 4 heteroatoms. The molecule has 0 atom stereocenters. The van der Waals surface area contributed by atoms with E-state index in [1.807, 2.05) is 36.1 Å². The Bertz CT molecular complexity index is 563. The number of para-hydroxylation sites is 1. The summed E-state index contributed by atoms with van der Waals surface area (Å²) in [5.41, 5.74) is 7.08. The van der Waals surface area contributed by atoms with Crippen molar-refractivity contribution in [1.29, 1.82) is 0 Å². The van der Waals surface area contributed by atoms with Crippen LogP contribution >= 0.6 is 0 Å².